The maximum Gasteiger partial charge on any atom is 0.336 e. The Morgan fingerprint density at radius 3 is 3.06 bits per heavy atom. The average molecular weight is 245 g/mol. The van der Waals surface area contributed by atoms with E-state index < -0.39 is 5.97 Å². The summed E-state index contributed by atoms with van der Waals surface area (Å²) in [5.74, 6) is -0.820. The number of aromatic carboxylic acids is 1. The molecule has 1 heterocycles. The minimum Gasteiger partial charge on any atom is -0.478 e. The zero-order valence-corrected chi connectivity index (χ0v) is 10.6. The number of carbonyl (C=O) groups is 1. The highest BCUT2D eigenvalue weighted by molar-refractivity contribution is 5.91. The van der Waals surface area contributed by atoms with Gasteiger partial charge in [0.2, 0.25) is 0 Å². The van der Waals surface area contributed by atoms with E-state index in [2.05, 4.69) is 11.5 Å². The van der Waals surface area contributed by atoms with Crippen molar-refractivity contribution in [2.45, 2.75) is 25.7 Å². The number of fused-ring (bicyclic) bond motifs is 1. The van der Waals surface area contributed by atoms with E-state index in [0.29, 0.717) is 5.56 Å². The van der Waals surface area contributed by atoms with Crippen LogP contribution in [-0.4, -0.2) is 24.2 Å². The predicted octanol–water partition coefficient (Wildman–Crippen LogP) is 3.10. The Morgan fingerprint density at radius 1 is 1.50 bits per heavy atom. The van der Waals surface area contributed by atoms with Gasteiger partial charge in [-0.1, -0.05) is 12.1 Å². The molecule has 0 fully saturated rings. The van der Waals surface area contributed by atoms with Crippen LogP contribution >= 0.6 is 0 Å². The summed E-state index contributed by atoms with van der Waals surface area (Å²) in [7, 11) is 0. The van der Waals surface area contributed by atoms with E-state index in [0.717, 1.165) is 50.0 Å². The number of carboxylic acid groups (broad SMARTS) is 1. The highest BCUT2D eigenvalue weighted by Gasteiger charge is 2.21. The minimum atomic E-state index is -0.820. The van der Waals surface area contributed by atoms with Crippen LogP contribution in [0.3, 0.4) is 0 Å². The predicted molar refractivity (Wildman–Crippen MR) is 73.4 cm³/mol. The summed E-state index contributed by atoms with van der Waals surface area (Å²) < 4.78 is 0. The lowest BCUT2D eigenvalue weighted by molar-refractivity contribution is 0.0695. The minimum absolute atomic E-state index is 0.459. The summed E-state index contributed by atoms with van der Waals surface area (Å²) in [6, 6.07) is 5.58. The van der Waals surface area contributed by atoms with Crippen LogP contribution in [0.2, 0.25) is 0 Å². The van der Waals surface area contributed by atoms with Gasteiger partial charge in [-0.3, -0.25) is 0 Å². The van der Waals surface area contributed by atoms with Crippen molar-refractivity contribution in [1.29, 1.82) is 0 Å². The fourth-order valence-electron chi connectivity index (χ4n) is 2.56. The van der Waals surface area contributed by atoms with Gasteiger partial charge in [-0.2, -0.15) is 0 Å². The van der Waals surface area contributed by atoms with Crippen LogP contribution in [0.25, 0.3) is 0 Å². The van der Waals surface area contributed by atoms with Gasteiger partial charge in [0, 0.05) is 18.8 Å². The molecular formula is C15H19NO2. The van der Waals surface area contributed by atoms with E-state index in [1.165, 1.54) is 0 Å². The highest BCUT2D eigenvalue weighted by atomic mass is 16.4. The van der Waals surface area contributed by atoms with Crippen molar-refractivity contribution >= 4 is 11.7 Å². The summed E-state index contributed by atoms with van der Waals surface area (Å²) in [5, 5.41) is 9.21. The van der Waals surface area contributed by atoms with Gasteiger partial charge in [-0.25, -0.2) is 4.79 Å². The van der Waals surface area contributed by atoms with Gasteiger partial charge in [0.25, 0.3) is 0 Å². The Bertz CT molecular complexity index is 454. The number of anilines is 1. The van der Waals surface area contributed by atoms with Crippen molar-refractivity contribution < 1.29 is 9.90 Å². The van der Waals surface area contributed by atoms with Gasteiger partial charge in [-0.15, -0.1) is 6.58 Å². The molecule has 0 radical (unpaired) electrons. The maximum atomic E-state index is 11.2. The molecule has 0 saturated carbocycles. The summed E-state index contributed by atoms with van der Waals surface area (Å²) in [6.07, 6.45) is 5.91. The van der Waals surface area contributed by atoms with Crippen molar-refractivity contribution in [3.05, 3.63) is 42.0 Å². The molecule has 0 spiro atoms. The van der Waals surface area contributed by atoms with Gasteiger partial charge >= 0.3 is 5.97 Å². The van der Waals surface area contributed by atoms with E-state index in [9.17, 15) is 9.90 Å². The van der Waals surface area contributed by atoms with E-state index in [4.69, 9.17) is 0 Å². The normalized spacial score (nSPS) is 14.1. The molecule has 0 bridgehead atoms. The molecule has 96 valence electrons. The quantitative estimate of drug-likeness (QED) is 0.640. The SMILES string of the molecule is C=CCCCN1CCCc2c(C(=O)O)cccc21. The summed E-state index contributed by atoms with van der Waals surface area (Å²) in [6.45, 7) is 5.72. The van der Waals surface area contributed by atoms with Crippen molar-refractivity contribution in [3.63, 3.8) is 0 Å². The maximum absolute atomic E-state index is 11.2. The fraction of sp³-hybridized carbons (Fsp3) is 0.400. The monoisotopic (exact) mass is 245 g/mol. The molecule has 0 aromatic heterocycles. The first kappa shape index (κ1) is 12.7. The summed E-state index contributed by atoms with van der Waals surface area (Å²) in [5.41, 5.74) is 2.56. The molecule has 0 saturated heterocycles. The second-order valence-electron chi connectivity index (χ2n) is 4.63. The van der Waals surface area contributed by atoms with Crippen LogP contribution in [0.4, 0.5) is 5.69 Å². The lowest BCUT2D eigenvalue weighted by Gasteiger charge is -2.32. The third kappa shape index (κ3) is 2.55. The Morgan fingerprint density at radius 2 is 2.33 bits per heavy atom. The van der Waals surface area contributed by atoms with Crippen LogP contribution in [0, 0.1) is 0 Å². The van der Waals surface area contributed by atoms with Crippen LogP contribution in [-0.2, 0) is 6.42 Å². The molecule has 0 aliphatic carbocycles. The highest BCUT2D eigenvalue weighted by Crippen LogP contribution is 2.30. The first-order valence-corrected chi connectivity index (χ1v) is 6.45. The Labute approximate surface area is 108 Å². The third-order valence-corrected chi connectivity index (χ3v) is 3.41. The zero-order chi connectivity index (χ0) is 13.0. The van der Waals surface area contributed by atoms with Gasteiger partial charge in [0.15, 0.2) is 0 Å². The van der Waals surface area contributed by atoms with Crippen LogP contribution in [0.15, 0.2) is 30.9 Å². The standard InChI is InChI=1S/C15H19NO2/c1-2-3-4-10-16-11-6-8-12-13(15(17)18)7-5-9-14(12)16/h2,5,7,9H,1,3-4,6,8,10-11H2,(H,17,18). The topological polar surface area (TPSA) is 40.5 Å². The second kappa shape index (κ2) is 5.71. The summed E-state index contributed by atoms with van der Waals surface area (Å²) >= 11 is 0. The van der Waals surface area contributed by atoms with Crippen molar-refractivity contribution in [3.8, 4) is 0 Å². The lowest BCUT2D eigenvalue weighted by atomic mass is 9.96. The first-order chi connectivity index (χ1) is 8.74. The van der Waals surface area contributed by atoms with Crippen molar-refractivity contribution in [1.82, 2.24) is 0 Å². The molecule has 0 unspecified atom stereocenters. The zero-order valence-electron chi connectivity index (χ0n) is 10.6. The Balaban J connectivity index is 2.23. The molecular weight excluding hydrogens is 226 g/mol. The lowest BCUT2D eigenvalue weighted by Crippen LogP contribution is -2.31. The van der Waals surface area contributed by atoms with Gasteiger partial charge in [0.1, 0.15) is 0 Å². The molecule has 1 aliphatic heterocycles. The number of nitrogens with zero attached hydrogens (tertiary/aromatic N) is 1. The largest absolute Gasteiger partial charge is 0.478 e. The molecule has 1 aromatic rings. The molecule has 3 nitrogen and oxygen atoms in total. The van der Waals surface area contributed by atoms with E-state index in [1.807, 2.05) is 18.2 Å². The van der Waals surface area contributed by atoms with E-state index in [1.54, 1.807) is 6.07 Å². The van der Waals surface area contributed by atoms with Crippen molar-refractivity contribution in [2.75, 3.05) is 18.0 Å². The molecule has 1 N–H and O–H groups in total. The summed E-state index contributed by atoms with van der Waals surface area (Å²) in [4.78, 5) is 13.5. The van der Waals surface area contributed by atoms with Crippen molar-refractivity contribution in [2.24, 2.45) is 0 Å². The smallest absolute Gasteiger partial charge is 0.336 e. The van der Waals surface area contributed by atoms with Gasteiger partial charge < -0.3 is 10.0 Å². The van der Waals surface area contributed by atoms with E-state index >= 15 is 0 Å². The molecule has 18 heavy (non-hydrogen) atoms. The van der Waals surface area contributed by atoms with Crippen LogP contribution in [0.1, 0.15) is 35.2 Å². The van der Waals surface area contributed by atoms with E-state index in [-0.39, 0.29) is 0 Å². The number of carboxylic acids is 1. The van der Waals surface area contributed by atoms with Crippen LogP contribution < -0.4 is 4.90 Å². The Hall–Kier alpha value is -1.77. The molecule has 0 amide bonds. The molecule has 1 aliphatic rings. The Kier molecular flexibility index (Phi) is 4.03. The third-order valence-electron chi connectivity index (χ3n) is 3.41. The number of unbranched alkanes of at least 4 members (excludes halogenated alkanes) is 1. The first-order valence-electron chi connectivity index (χ1n) is 6.45. The number of rotatable bonds is 5. The molecule has 1 aromatic carbocycles. The average Bonchev–Trinajstić information content (AvgIpc) is 2.38. The number of allylic oxidation sites excluding steroid dienone is 1. The second-order valence-corrected chi connectivity index (χ2v) is 4.63. The molecule has 2 rings (SSSR count). The fourth-order valence-corrected chi connectivity index (χ4v) is 2.56. The van der Waals surface area contributed by atoms with Crippen LogP contribution in [0.5, 0.6) is 0 Å². The molecule has 0 atom stereocenters. The molecule has 3 heteroatoms. The van der Waals surface area contributed by atoms with Gasteiger partial charge in [-0.05, 0) is 43.4 Å². The number of benzene rings is 1. The number of hydrogen-bond acceptors (Lipinski definition) is 2. The van der Waals surface area contributed by atoms with Gasteiger partial charge in [0.05, 0.1) is 5.56 Å². The number of hydrogen-bond donors (Lipinski definition) is 1.